The van der Waals surface area contributed by atoms with Crippen LogP contribution < -0.4 is 4.74 Å². The number of rotatable bonds is 7. The number of hydrogen-bond donors (Lipinski definition) is 0. The van der Waals surface area contributed by atoms with Gasteiger partial charge in [-0.25, -0.2) is 4.98 Å². The van der Waals surface area contributed by atoms with Gasteiger partial charge in [-0.2, -0.15) is 0 Å². The van der Waals surface area contributed by atoms with Gasteiger partial charge in [0.2, 0.25) is 5.91 Å². The molecule has 29 heavy (non-hydrogen) atoms. The Labute approximate surface area is 177 Å². The van der Waals surface area contributed by atoms with Crippen LogP contribution in [-0.2, 0) is 17.9 Å². The number of aromatic nitrogens is 1. The van der Waals surface area contributed by atoms with Crippen LogP contribution in [0.1, 0.15) is 44.4 Å². The highest BCUT2D eigenvalue weighted by Crippen LogP contribution is 2.60. The second kappa shape index (κ2) is 8.44. The molecule has 1 spiro atoms. The summed E-state index contributed by atoms with van der Waals surface area (Å²) in [5.74, 6) is 1.44. The normalized spacial score (nSPS) is 20.8. The van der Waals surface area contributed by atoms with Crippen LogP contribution in [0.5, 0.6) is 5.75 Å². The van der Waals surface area contributed by atoms with Gasteiger partial charge in [0.1, 0.15) is 5.75 Å². The second-order valence-electron chi connectivity index (χ2n) is 8.88. The summed E-state index contributed by atoms with van der Waals surface area (Å²) < 4.78 is 5.73. The quantitative estimate of drug-likeness (QED) is 0.683. The summed E-state index contributed by atoms with van der Waals surface area (Å²) in [5.41, 5.74) is 4.38. The first-order chi connectivity index (χ1) is 13.9. The van der Waals surface area contributed by atoms with E-state index in [1.54, 1.807) is 11.3 Å². The number of ether oxygens (including phenoxy) is 1. The SMILES string of the molecule is CC(C)Oc1ccc(CN2CCC3(CC2)CC3C(=O)N(C)Cc2cscn2)cc1. The van der Waals surface area contributed by atoms with Crippen molar-refractivity contribution in [3.8, 4) is 5.75 Å². The predicted octanol–water partition coefficient (Wildman–Crippen LogP) is 4.19. The highest BCUT2D eigenvalue weighted by Gasteiger charge is 2.58. The van der Waals surface area contributed by atoms with Crippen molar-refractivity contribution >= 4 is 17.2 Å². The number of benzene rings is 1. The Morgan fingerprint density at radius 2 is 2.03 bits per heavy atom. The van der Waals surface area contributed by atoms with Crippen molar-refractivity contribution in [2.75, 3.05) is 20.1 Å². The zero-order chi connectivity index (χ0) is 20.4. The van der Waals surface area contributed by atoms with E-state index in [1.807, 2.05) is 36.7 Å². The molecule has 1 amide bonds. The molecule has 156 valence electrons. The molecule has 6 heteroatoms. The van der Waals surface area contributed by atoms with Crippen molar-refractivity contribution in [3.05, 3.63) is 46.4 Å². The molecule has 5 nitrogen and oxygen atoms in total. The van der Waals surface area contributed by atoms with Crippen molar-refractivity contribution in [1.82, 2.24) is 14.8 Å². The van der Waals surface area contributed by atoms with Gasteiger partial charge in [0.25, 0.3) is 0 Å². The van der Waals surface area contributed by atoms with Crippen LogP contribution in [-0.4, -0.2) is 46.9 Å². The van der Waals surface area contributed by atoms with Gasteiger partial charge in [0, 0.05) is 24.9 Å². The van der Waals surface area contributed by atoms with Gasteiger partial charge in [0.05, 0.1) is 23.9 Å². The van der Waals surface area contributed by atoms with Gasteiger partial charge in [-0.05, 0) is 69.3 Å². The average molecular weight is 414 g/mol. The zero-order valence-electron chi connectivity index (χ0n) is 17.6. The molecule has 2 heterocycles. The third kappa shape index (κ3) is 4.81. The summed E-state index contributed by atoms with van der Waals surface area (Å²) in [6, 6.07) is 8.46. The molecule has 4 rings (SSSR count). The Morgan fingerprint density at radius 3 is 2.66 bits per heavy atom. The minimum atomic E-state index is 0.203. The number of likely N-dealkylation sites (tertiary alicyclic amines) is 1. The second-order valence-corrected chi connectivity index (χ2v) is 9.60. The zero-order valence-corrected chi connectivity index (χ0v) is 18.5. The van der Waals surface area contributed by atoms with E-state index in [2.05, 4.69) is 34.1 Å². The molecule has 0 N–H and O–H groups in total. The van der Waals surface area contributed by atoms with E-state index in [0.717, 1.165) is 50.3 Å². The van der Waals surface area contributed by atoms with Crippen LogP contribution in [0.25, 0.3) is 0 Å². The summed E-state index contributed by atoms with van der Waals surface area (Å²) >= 11 is 1.58. The van der Waals surface area contributed by atoms with E-state index in [1.165, 1.54) is 5.56 Å². The number of thiazole rings is 1. The molecule has 1 saturated heterocycles. The van der Waals surface area contributed by atoms with Crippen molar-refractivity contribution in [2.24, 2.45) is 11.3 Å². The van der Waals surface area contributed by atoms with Crippen molar-refractivity contribution in [3.63, 3.8) is 0 Å². The number of hydrogen-bond acceptors (Lipinski definition) is 5. The Balaban J connectivity index is 1.25. The Kier molecular flexibility index (Phi) is 5.93. The maximum absolute atomic E-state index is 12.9. The monoisotopic (exact) mass is 413 g/mol. The van der Waals surface area contributed by atoms with E-state index in [-0.39, 0.29) is 17.4 Å². The van der Waals surface area contributed by atoms with Gasteiger partial charge >= 0.3 is 0 Å². The van der Waals surface area contributed by atoms with Gasteiger partial charge < -0.3 is 9.64 Å². The molecule has 1 aliphatic heterocycles. The molecule has 2 fully saturated rings. The van der Waals surface area contributed by atoms with Gasteiger partial charge in [-0.15, -0.1) is 11.3 Å². The lowest BCUT2D eigenvalue weighted by molar-refractivity contribution is -0.133. The van der Waals surface area contributed by atoms with Crippen LogP contribution in [0, 0.1) is 11.3 Å². The first kappa shape index (κ1) is 20.4. The predicted molar refractivity (Wildman–Crippen MR) is 116 cm³/mol. The summed E-state index contributed by atoms with van der Waals surface area (Å²) in [6.45, 7) is 7.83. The van der Waals surface area contributed by atoms with E-state index in [9.17, 15) is 4.79 Å². The molecular formula is C23H31N3O2S. The molecule has 0 bridgehead atoms. The first-order valence-electron chi connectivity index (χ1n) is 10.6. The molecule has 2 aromatic rings. The molecule has 0 radical (unpaired) electrons. The fraction of sp³-hybridized carbons (Fsp3) is 0.565. The summed E-state index contributed by atoms with van der Waals surface area (Å²) in [7, 11) is 1.91. The first-order valence-corrected chi connectivity index (χ1v) is 11.5. The largest absolute Gasteiger partial charge is 0.491 e. The molecule has 1 aromatic heterocycles. The molecule has 2 aliphatic rings. The minimum absolute atomic E-state index is 0.203. The highest BCUT2D eigenvalue weighted by atomic mass is 32.1. The fourth-order valence-electron chi connectivity index (χ4n) is 4.51. The van der Waals surface area contributed by atoms with Crippen LogP contribution in [0.3, 0.4) is 0 Å². The number of carbonyl (C=O) groups is 1. The fourth-order valence-corrected chi connectivity index (χ4v) is 5.06. The van der Waals surface area contributed by atoms with Crippen LogP contribution >= 0.6 is 11.3 Å². The molecular weight excluding hydrogens is 382 g/mol. The lowest BCUT2D eigenvalue weighted by Gasteiger charge is -2.33. The number of amides is 1. The van der Waals surface area contributed by atoms with Crippen molar-refractivity contribution < 1.29 is 9.53 Å². The standard InChI is InChI=1S/C23H31N3O2S/c1-17(2)28-20-6-4-18(5-7-20)13-26-10-8-23(9-11-26)12-21(23)22(27)25(3)14-19-15-29-16-24-19/h4-7,15-17,21H,8-14H2,1-3H3. The smallest absolute Gasteiger partial charge is 0.226 e. The topological polar surface area (TPSA) is 45.7 Å². The number of carbonyl (C=O) groups excluding carboxylic acids is 1. The molecule has 1 saturated carbocycles. The van der Waals surface area contributed by atoms with Crippen molar-refractivity contribution in [1.29, 1.82) is 0 Å². The van der Waals surface area contributed by atoms with E-state index >= 15 is 0 Å². The average Bonchev–Trinajstić information content (AvgIpc) is 3.13. The summed E-state index contributed by atoms with van der Waals surface area (Å²) in [6.07, 6.45) is 3.52. The maximum atomic E-state index is 12.9. The Bertz CT molecular complexity index is 811. The van der Waals surface area contributed by atoms with Crippen LogP contribution in [0.4, 0.5) is 0 Å². The number of nitrogens with zero attached hydrogens (tertiary/aromatic N) is 3. The van der Waals surface area contributed by atoms with E-state index in [4.69, 9.17) is 4.74 Å². The summed E-state index contributed by atoms with van der Waals surface area (Å²) in [4.78, 5) is 21.5. The lowest BCUT2D eigenvalue weighted by atomic mass is 9.90. The number of piperidine rings is 1. The molecule has 1 unspecified atom stereocenters. The van der Waals surface area contributed by atoms with E-state index in [0.29, 0.717) is 12.5 Å². The minimum Gasteiger partial charge on any atom is -0.491 e. The molecule has 1 aromatic carbocycles. The van der Waals surface area contributed by atoms with Crippen molar-refractivity contribution in [2.45, 2.75) is 52.3 Å². The highest BCUT2D eigenvalue weighted by molar-refractivity contribution is 7.07. The molecule has 1 atom stereocenters. The Morgan fingerprint density at radius 1 is 1.31 bits per heavy atom. The molecule has 1 aliphatic carbocycles. The van der Waals surface area contributed by atoms with Gasteiger partial charge in [-0.3, -0.25) is 9.69 Å². The van der Waals surface area contributed by atoms with Gasteiger partial charge in [0.15, 0.2) is 0 Å². The lowest BCUT2D eigenvalue weighted by Crippen LogP contribution is -2.37. The Hall–Kier alpha value is -1.92. The van der Waals surface area contributed by atoms with Crippen LogP contribution in [0.2, 0.25) is 0 Å². The summed E-state index contributed by atoms with van der Waals surface area (Å²) in [5, 5.41) is 2.02. The van der Waals surface area contributed by atoms with E-state index < -0.39 is 0 Å². The third-order valence-electron chi connectivity index (χ3n) is 6.30. The van der Waals surface area contributed by atoms with Gasteiger partial charge in [-0.1, -0.05) is 12.1 Å². The third-order valence-corrected chi connectivity index (χ3v) is 6.94. The maximum Gasteiger partial charge on any atom is 0.226 e. The van der Waals surface area contributed by atoms with Crippen LogP contribution in [0.15, 0.2) is 35.2 Å².